The fourth-order valence-corrected chi connectivity index (χ4v) is 2.12. The molecule has 2 bridgehead atoms. The lowest BCUT2D eigenvalue weighted by atomic mass is 9.99. The van der Waals surface area contributed by atoms with Crippen molar-refractivity contribution in [2.24, 2.45) is 0 Å². The fourth-order valence-electron chi connectivity index (χ4n) is 2.12. The molecule has 1 aliphatic heterocycles. The molecule has 2 N–H and O–H groups in total. The van der Waals surface area contributed by atoms with Gasteiger partial charge in [-0.2, -0.15) is 0 Å². The van der Waals surface area contributed by atoms with E-state index in [2.05, 4.69) is 5.32 Å². The lowest BCUT2D eigenvalue weighted by Crippen LogP contribution is -2.25. The van der Waals surface area contributed by atoms with Gasteiger partial charge in [0.1, 0.15) is 11.4 Å². The van der Waals surface area contributed by atoms with Gasteiger partial charge in [0.25, 0.3) is 0 Å². The Kier molecular flexibility index (Phi) is 3.30. The van der Waals surface area contributed by atoms with E-state index >= 15 is 0 Å². The first kappa shape index (κ1) is 12.9. The Labute approximate surface area is 107 Å². The van der Waals surface area contributed by atoms with Gasteiger partial charge in [0.2, 0.25) is 0 Å². The minimum atomic E-state index is -0.509. The van der Waals surface area contributed by atoms with Crippen molar-refractivity contribution in [3.63, 3.8) is 0 Å². The average molecular weight is 249 g/mol. The van der Waals surface area contributed by atoms with Crippen LogP contribution in [0.4, 0.5) is 0 Å². The molecule has 0 aromatic heterocycles. The number of phenolic OH excluding ortho intramolecular Hbond substituents is 1. The SMILES string of the molecule is CC(C)(C)OC(=O)c1c2cc(O)cc1CNCC2. The second-order valence-electron chi connectivity index (χ2n) is 5.57. The second kappa shape index (κ2) is 4.61. The van der Waals surface area contributed by atoms with E-state index in [1.54, 1.807) is 12.1 Å². The lowest BCUT2D eigenvalue weighted by Gasteiger charge is -2.21. The molecule has 1 aromatic rings. The van der Waals surface area contributed by atoms with Crippen LogP contribution in [0.25, 0.3) is 0 Å². The topological polar surface area (TPSA) is 58.6 Å². The number of esters is 1. The molecule has 0 atom stereocenters. The van der Waals surface area contributed by atoms with Crippen LogP contribution in [-0.2, 0) is 17.7 Å². The molecule has 0 spiro atoms. The van der Waals surface area contributed by atoms with Crippen LogP contribution in [0.3, 0.4) is 0 Å². The number of hydrogen-bond donors (Lipinski definition) is 2. The molecule has 98 valence electrons. The highest BCUT2D eigenvalue weighted by molar-refractivity contribution is 5.93. The Balaban J connectivity index is 2.41. The molecule has 0 saturated carbocycles. The van der Waals surface area contributed by atoms with E-state index in [9.17, 15) is 9.90 Å². The minimum Gasteiger partial charge on any atom is -0.508 e. The predicted octanol–water partition coefficient (Wildman–Crippen LogP) is 1.99. The van der Waals surface area contributed by atoms with E-state index in [0.29, 0.717) is 12.1 Å². The number of benzene rings is 1. The zero-order valence-corrected chi connectivity index (χ0v) is 11.0. The first-order valence-corrected chi connectivity index (χ1v) is 6.15. The maximum absolute atomic E-state index is 12.2. The molecule has 2 rings (SSSR count). The van der Waals surface area contributed by atoms with E-state index in [1.807, 2.05) is 20.8 Å². The van der Waals surface area contributed by atoms with Gasteiger partial charge in [-0.25, -0.2) is 4.79 Å². The number of ether oxygens (including phenoxy) is 1. The quantitative estimate of drug-likeness (QED) is 0.747. The summed E-state index contributed by atoms with van der Waals surface area (Å²) in [5.41, 5.74) is 1.75. The number of phenols is 1. The second-order valence-corrected chi connectivity index (χ2v) is 5.57. The molecule has 4 heteroatoms. The third kappa shape index (κ3) is 2.82. The zero-order valence-electron chi connectivity index (χ0n) is 11.0. The van der Waals surface area contributed by atoms with E-state index in [0.717, 1.165) is 24.1 Å². The largest absolute Gasteiger partial charge is 0.508 e. The zero-order chi connectivity index (χ0) is 13.3. The highest BCUT2D eigenvalue weighted by atomic mass is 16.6. The summed E-state index contributed by atoms with van der Waals surface area (Å²) < 4.78 is 5.43. The van der Waals surface area contributed by atoms with Gasteiger partial charge in [-0.3, -0.25) is 0 Å². The van der Waals surface area contributed by atoms with Gasteiger partial charge in [0.05, 0.1) is 5.56 Å². The van der Waals surface area contributed by atoms with Crippen LogP contribution in [0.15, 0.2) is 12.1 Å². The summed E-state index contributed by atoms with van der Waals surface area (Å²) in [7, 11) is 0. The molecule has 0 fully saturated rings. The lowest BCUT2D eigenvalue weighted by molar-refractivity contribution is 0.00675. The smallest absolute Gasteiger partial charge is 0.339 e. The van der Waals surface area contributed by atoms with E-state index in [-0.39, 0.29) is 11.7 Å². The predicted molar refractivity (Wildman–Crippen MR) is 68.7 cm³/mol. The molecule has 0 aliphatic carbocycles. The summed E-state index contributed by atoms with van der Waals surface area (Å²) in [5, 5.41) is 12.9. The van der Waals surface area contributed by atoms with Gasteiger partial charge in [-0.05, 0) is 57.0 Å². The fraction of sp³-hybridized carbons (Fsp3) is 0.500. The van der Waals surface area contributed by atoms with Crippen LogP contribution in [-0.4, -0.2) is 23.2 Å². The van der Waals surface area contributed by atoms with Crippen LogP contribution in [0, 0.1) is 0 Å². The first-order chi connectivity index (χ1) is 8.37. The highest BCUT2D eigenvalue weighted by Crippen LogP contribution is 2.26. The van der Waals surface area contributed by atoms with Crippen molar-refractivity contribution in [2.75, 3.05) is 6.54 Å². The normalized spacial score (nSPS) is 15.1. The molecule has 4 nitrogen and oxygen atoms in total. The Bertz CT molecular complexity index is 447. The number of carbonyl (C=O) groups excluding carboxylic acids is 1. The number of rotatable bonds is 1. The molecular weight excluding hydrogens is 230 g/mol. The van der Waals surface area contributed by atoms with Gasteiger partial charge in [-0.1, -0.05) is 0 Å². The molecule has 1 heterocycles. The van der Waals surface area contributed by atoms with Crippen LogP contribution < -0.4 is 5.32 Å². The number of nitrogens with one attached hydrogen (secondary N) is 1. The summed E-state index contributed by atoms with van der Waals surface area (Å²) >= 11 is 0. The van der Waals surface area contributed by atoms with E-state index < -0.39 is 5.60 Å². The molecule has 0 radical (unpaired) electrons. The van der Waals surface area contributed by atoms with Crippen molar-refractivity contribution in [2.45, 2.75) is 39.3 Å². The molecular formula is C14H19NO3. The maximum atomic E-state index is 12.2. The Hall–Kier alpha value is -1.55. The van der Waals surface area contributed by atoms with Crippen LogP contribution in [0.5, 0.6) is 5.75 Å². The van der Waals surface area contributed by atoms with Crippen molar-refractivity contribution >= 4 is 5.97 Å². The third-order valence-corrected chi connectivity index (χ3v) is 2.78. The number of fused-ring (bicyclic) bond motifs is 2. The summed E-state index contributed by atoms with van der Waals surface area (Å²) in [6, 6.07) is 3.27. The number of aromatic hydroxyl groups is 1. The van der Waals surface area contributed by atoms with Gasteiger partial charge in [0, 0.05) is 6.54 Å². The maximum Gasteiger partial charge on any atom is 0.339 e. The highest BCUT2D eigenvalue weighted by Gasteiger charge is 2.24. The Morgan fingerprint density at radius 3 is 2.67 bits per heavy atom. The molecule has 0 saturated heterocycles. The summed E-state index contributed by atoms with van der Waals surface area (Å²) in [5.74, 6) is -0.104. The standard InChI is InChI=1S/C14H19NO3/c1-14(2,3)18-13(17)12-9-4-5-15-8-10(12)7-11(16)6-9/h6-7,15-16H,4-5,8H2,1-3H3. The monoisotopic (exact) mass is 249 g/mol. The first-order valence-electron chi connectivity index (χ1n) is 6.15. The van der Waals surface area contributed by atoms with Crippen LogP contribution >= 0.6 is 0 Å². The van der Waals surface area contributed by atoms with Crippen molar-refractivity contribution < 1.29 is 14.6 Å². The molecule has 1 aromatic carbocycles. The van der Waals surface area contributed by atoms with Gasteiger partial charge in [-0.15, -0.1) is 0 Å². The molecule has 0 unspecified atom stereocenters. The third-order valence-electron chi connectivity index (χ3n) is 2.78. The molecule has 0 amide bonds. The van der Waals surface area contributed by atoms with Gasteiger partial charge in [0.15, 0.2) is 0 Å². The Morgan fingerprint density at radius 2 is 2.00 bits per heavy atom. The van der Waals surface area contributed by atoms with Crippen molar-refractivity contribution in [1.29, 1.82) is 0 Å². The minimum absolute atomic E-state index is 0.205. The number of hydrogen-bond acceptors (Lipinski definition) is 4. The summed E-state index contributed by atoms with van der Waals surface area (Å²) in [6.45, 7) is 6.92. The summed E-state index contributed by atoms with van der Waals surface area (Å²) in [6.07, 6.45) is 0.718. The molecule has 1 aliphatic rings. The van der Waals surface area contributed by atoms with Gasteiger partial charge >= 0.3 is 5.97 Å². The van der Waals surface area contributed by atoms with Crippen molar-refractivity contribution in [1.82, 2.24) is 5.32 Å². The summed E-state index contributed by atoms with van der Waals surface area (Å²) in [4.78, 5) is 12.2. The van der Waals surface area contributed by atoms with Crippen LogP contribution in [0.2, 0.25) is 0 Å². The van der Waals surface area contributed by atoms with Gasteiger partial charge < -0.3 is 15.2 Å². The van der Waals surface area contributed by atoms with Crippen LogP contribution in [0.1, 0.15) is 42.3 Å². The van der Waals surface area contributed by atoms with Crippen molar-refractivity contribution in [3.8, 4) is 5.75 Å². The van der Waals surface area contributed by atoms with E-state index in [4.69, 9.17) is 4.74 Å². The van der Waals surface area contributed by atoms with E-state index in [1.165, 1.54) is 0 Å². The number of carbonyl (C=O) groups is 1. The Morgan fingerprint density at radius 1 is 1.33 bits per heavy atom. The average Bonchev–Trinajstić information content (AvgIpc) is 2.33. The van der Waals surface area contributed by atoms with Crippen molar-refractivity contribution in [3.05, 3.63) is 28.8 Å². The molecule has 18 heavy (non-hydrogen) atoms.